The maximum Gasteiger partial charge on any atom is 0.180 e. The molecule has 2 fully saturated rings. The first-order valence-electron chi connectivity index (χ1n) is 13.3. The zero-order valence-electron chi connectivity index (χ0n) is 22.3. The molecule has 2 aromatic heterocycles. The van der Waals surface area contributed by atoms with Gasteiger partial charge in [-0.05, 0) is 77.5 Å². The summed E-state index contributed by atoms with van der Waals surface area (Å²) in [5.41, 5.74) is 5.19. The Morgan fingerprint density at radius 2 is 2.00 bits per heavy atom. The molecule has 36 heavy (non-hydrogen) atoms. The van der Waals surface area contributed by atoms with Crippen LogP contribution in [0.1, 0.15) is 83.2 Å². The van der Waals surface area contributed by atoms with Crippen LogP contribution in [0.2, 0.25) is 0 Å². The highest BCUT2D eigenvalue weighted by Crippen LogP contribution is 2.36. The largest absolute Gasteiger partial charge is 0.303 e. The SMILES string of the molecule is C#C.C=C1CCCCC1/C(C)=C(\CCC)C(=N)c1nc(CC[C@@H]2CCCN2C)cc(-n2ccnc2)n1. The molecule has 3 heterocycles. The standard InChI is InChI=1S/C28H40N6.C2H2/c1-5-9-25(21(3)24-12-7-6-10-20(24)2)27(29)28-31-22(13-14-23-11-8-16-33(23)4)18-26(32-28)34-17-15-30-19-34;1-2/h15,17-19,23-24,29H,2,5-14,16H2,1,3-4H3;1-2H/b25-21+,29-27?;/t23-,24?;/m0./s1. The van der Waals surface area contributed by atoms with Crippen molar-refractivity contribution in [3.63, 3.8) is 0 Å². The molecular weight excluding hydrogens is 444 g/mol. The first-order valence-corrected chi connectivity index (χ1v) is 13.3. The van der Waals surface area contributed by atoms with E-state index in [0.717, 1.165) is 55.6 Å². The van der Waals surface area contributed by atoms with Gasteiger partial charge in [0.15, 0.2) is 5.82 Å². The number of likely N-dealkylation sites (tertiary alicyclic amines) is 1. The molecule has 2 aromatic rings. The van der Waals surface area contributed by atoms with Crippen molar-refractivity contribution in [1.29, 1.82) is 5.41 Å². The number of imidazole rings is 1. The fourth-order valence-corrected chi connectivity index (χ4v) is 5.62. The van der Waals surface area contributed by atoms with Gasteiger partial charge in [-0.25, -0.2) is 15.0 Å². The third-order valence-electron chi connectivity index (χ3n) is 7.70. The number of hydrogen-bond donors (Lipinski definition) is 1. The van der Waals surface area contributed by atoms with Gasteiger partial charge in [-0.3, -0.25) is 9.98 Å². The van der Waals surface area contributed by atoms with E-state index in [1.807, 2.05) is 10.8 Å². The van der Waals surface area contributed by atoms with Crippen LogP contribution in [0, 0.1) is 24.2 Å². The lowest BCUT2D eigenvalue weighted by Gasteiger charge is -2.28. The average Bonchev–Trinajstić information content (AvgIpc) is 3.59. The van der Waals surface area contributed by atoms with Gasteiger partial charge in [-0.2, -0.15) is 0 Å². The summed E-state index contributed by atoms with van der Waals surface area (Å²) >= 11 is 0. The minimum Gasteiger partial charge on any atom is -0.303 e. The minimum absolute atomic E-state index is 0.379. The van der Waals surface area contributed by atoms with Gasteiger partial charge in [0.2, 0.25) is 0 Å². The summed E-state index contributed by atoms with van der Waals surface area (Å²) in [5, 5.41) is 9.21. The van der Waals surface area contributed by atoms with Gasteiger partial charge in [0.1, 0.15) is 17.9 Å². The molecule has 0 spiro atoms. The number of nitrogens with one attached hydrogen (secondary N) is 1. The number of terminal acetylenes is 1. The molecule has 2 atom stereocenters. The van der Waals surface area contributed by atoms with Crippen LogP contribution in [0.4, 0.5) is 0 Å². The van der Waals surface area contributed by atoms with Crippen LogP contribution < -0.4 is 0 Å². The second kappa shape index (κ2) is 13.3. The van der Waals surface area contributed by atoms with Crippen molar-refractivity contribution in [3.8, 4) is 18.7 Å². The van der Waals surface area contributed by atoms with E-state index >= 15 is 0 Å². The zero-order chi connectivity index (χ0) is 26.1. The number of hydrogen-bond acceptors (Lipinski definition) is 5. The molecule has 4 rings (SSSR count). The fraction of sp³-hybridized carbons (Fsp3) is 0.533. The smallest absolute Gasteiger partial charge is 0.180 e. The van der Waals surface area contributed by atoms with Gasteiger partial charge in [0.25, 0.3) is 0 Å². The van der Waals surface area contributed by atoms with Crippen LogP contribution in [0.3, 0.4) is 0 Å². The molecule has 1 saturated heterocycles. The van der Waals surface area contributed by atoms with Crippen LogP contribution in [0.15, 0.2) is 48.1 Å². The van der Waals surface area contributed by atoms with Crippen LogP contribution in [0.25, 0.3) is 5.82 Å². The molecule has 0 bridgehead atoms. The predicted molar refractivity (Wildman–Crippen MR) is 149 cm³/mol. The first kappa shape index (κ1) is 27.5. The van der Waals surface area contributed by atoms with Crippen molar-refractivity contribution in [3.05, 3.63) is 59.6 Å². The number of allylic oxidation sites excluding steroid dienone is 3. The van der Waals surface area contributed by atoms with Gasteiger partial charge in [-0.1, -0.05) is 37.5 Å². The maximum atomic E-state index is 9.21. The van der Waals surface area contributed by atoms with E-state index in [1.165, 1.54) is 43.4 Å². The maximum absolute atomic E-state index is 9.21. The van der Waals surface area contributed by atoms with Crippen molar-refractivity contribution in [2.24, 2.45) is 5.92 Å². The van der Waals surface area contributed by atoms with E-state index in [-0.39, 0.29) is 0 Å². The molecule has 1 unspecified atom stereocenters. The molecule has 1 aliphatic carbocycles. The summed E-state index contributed by atoms with van der Waals surface area (Å²) in [6.07, 6.45) is 24.5. The Hall–Kier alpha value is -3.04. The van der Waals surface area contributed by atoms with Crippen molar-refractivity contribution in [1.82, 2.24) is 24.4 Å². The van der Waals surface area contributed by atoms with Gasteiger partial charge in [0.05, 0.1) is 0 Å². The molecule has 1 saturated carbocycles. The topological polar surface area (TPSA) is 70.7 Å². The Morgan fingerprint density at radius 3 is 2.64 bits per heavy atom. The van der Waals surface area contributed by atoms with Crippen molar-refractivity contribution < 1.29 is 0 Å². The minimum atomic E-state index is 0.379. The van der Waals surface area contributed by atoms with E-state index in [4.69, 9.17) is 9.97 Å². The molecule has 2 aliphatic rings. The zero-order valence-corrected chi connectivity index (χ0v) is 22.3. The molecule has 0 radical (unpaired) electrons. The van der Waals surface area contributed by atoms with Gasteiger partial charge in [0, 0.05) is 36.1 Å². The third kappa shape index (κ3) is 6.59. The highest BCUT2D eigenvalue weighted by Gasteiger charge is 2.25. The number of nitrogens with zero attached hydrogens (tertiary/aromatic N) is 5. The van der Waals surface area contributed by atoms with Crippen LogP contribution in [0.5, 0.6) is 0 Å². The third-order valence-corrected chi connectivity index (χ3v) is 7.70. The van der Waals surface area contributed by atoms with Gasteiger partial charge >= 0.3 is 0 Å². The molecule has 6 nitrogen and oxygen atoms in total. The van der Waals surface area contributed by atoms with Crippen molar-refractivity contribution in [2.45, 2.75) is 84.1 Å². The van der Waals surface area contributed by atoms with Crippen LogP contribution >= 0.6 is 0 Å². The van der Waals surface area contributed by atoms with E-state index < -0.39 is 0 Å². The Labute approximate surface area is 217 Å². The van der Waals surface area contributed by atoms with Gasteiger partial charge < -0.3 is 4.90 Å². The van der Waals surface area contributed by atoms with E-state index in [1.54, 1.807) is 12.5 Å². The summed E-state index contributed by atoms with van der Waals surface area (Å²) in [4.78, 5) is 16.4. The lowest BCUT2D eigenvalue weighted by Crippen LogP contribution is -2.25. The Kier molecular flexibility index (Phi) is 10.2. The summed E-state index contributed by atoms with van der Waals surface area (Å²) in [6.45, 7) is 9.94. The quantitative estimate of drug-likeness (QED) is 0.261. The molecule has 6 heteroatoms. The summed E-state index contributed by atoms with van der Waals surface area (Å²) in [6, 6.07) is 2.68. The second-order valence-electron chi connectivity index (χ2n) is 10.1. The highest BCUT2D eigenvalue weighted by atomic mass is 15.1. The van der Waals surface area contributed by atoms with Crippen LogP contribution in [-0.4, -0.2) is 49.8 Å². The Morgan fingerprint density at radius 1 is 1.19 bits per heavy atom. The number of aryl methyl sites for hydroxylation is 1. The highest BCUT2D eigenvalue weighted by molar-refractivity contribution is 6.08. The second-order valence-corrected chi connectivity index (χ2v) is 10.1. The first-order chi connectivity index (χ1) is 17.5. The van der Waals surface area contributed by atoms with E-state index in [2.05, 4.69) is 56.3 Å². The lowest BCUT2D eigenvalue weighted by atomic mass is 9.78. The fourth-order valence-electron chi connectivity index (χ4n) is 5.62. The molecule has 0 aromatic carbocycles. The predicted octanol–water partition coefficient (Wildman–Crippen LogP) is 6.17. The molecule has 0 amide bonds. The monoisotopic (exact) mass is 486 g/mol. The van der Waals surface area contributed by atoms with Crippen LogP contribution in [-0.2, 0) is 6.42 Å². The molecule has 192 valence electrons. The van der Waals surface area contributed by atoms with E-state index in [9.17, 15) is 5.41 Å². The van der Waals surface area contributed by atoms with Gasteiger partial charge in [-0.15, -0.1) is 12.8 Å². The molecular formula is C30H42N6. The summed E-state index contributed by atoms with van der Waals surface area (Å²) in [5.74, 6) is 1.70. The van der Waals surface area contributed by atoms with E-state index in [0.29, 0.717) is 23.5 Å². The number of aromatic nitrogens is 4. The average molecular weight is 487 g/mol. The molecule has 1 N–H and O–H groups in total. The summed E-state index contributed by atoms with van der Waals surface area (Å²) in [7, 11) is 2.22. The number of rotatable bonds is 9. The molecule has 1 aliphatic heterocycles. The Bertz CT molecular complexity index is 1080. The summed E-state index contributed by atoms with van der Waals surface area (Å²) < 4.78 is 1.92. The van der Waals surface area contributed by atoms with Crippen molar-refractivity contribution in [2.75, 3.05) is 13.6 Å². The van der Waals surface area contributed by atoms with Crippen molar-refractivity contribution >= 4 is 5.71 Å². The normalized spacial score (nSPS) is 21.0. The Balaban J connectivity index is 0.00000176. The lowest BCUT2D eigenvalue weighted by molar-refractivity contribution is 0.296.